The third kappa shape index (κ3) is 3.78. The Bertz CT molecular complexity index is 816. The molecule has 0 aromatic carbocycles. The summed E-state index contributed by atoms with van der Waals surface area (Å²) in [7, 11) is -0.536. The summed E-state index contributed by atoms with van der Waals surface area (Å²) in [4.78, 5) is 0. The Labute approximate surface area is 189 Å². The van der Waals surface area contributed by atoms with Crippen LogP contribution in [0, 0.1) is 11.3 Å². The highest BCUT2D eigenvalue weighted by Crippen LogP contribution is 2.57. The second kappa shape index (κ2) is 7.84. The first-order chi connectivity index (χ1) is 14.1. The number of aliphatic hydroxyl groups excluding tert-OH is 2. The van der Waals surface area contributed by atoms with Crippen molar-refractivity contribution in [3.05, 3.63) is 34.6 Å². The number of aliphatic hydroxyl groups is 3. The summed E-state index contributed by atoms with van der Waals surface area (Å²) >= 11 is 0. The largest absolute Gasteiger partial charge is 0.501 e. The number of rotatable bonds is 3. The summed E-state index contributed by atoms with van der Waals surface area (Å²) in [5, 5.41) is 35.1. The second-order valence-electron chi connectivity index (χ2n) is 11.7. The molecule has 0 saturated heterocycles. The Hall–Kier alpha value is -0.923. The first kappa shape index (κ1) is 24.7. The van der Waals surface area contributed by atoms with E-state index in [9.17, 15) is 15.3 Å². The number of allylic oxidation sites excluding steroid dienone is 2. The van der Waals surface area contributed by atoms with Crippen LogP contribution in [-0.4, -0.2) is 54.7 Å². The van der Waals surface area contributed by atoms with Gasteiger partial charge in [0.05, 0.1) is 31.3 Å². The molecule has 0 unspecified atom stereocenters. The van der Waals surface area contributed by atoms with Gasteiger partial charge in [-0.15, -0.1) is 0 Å². The van der Waals surface area contributed by atoms with Crippen molar-refractivity contribution >= 4 is 8.32 Å². The number of hydrogen-bond acceptors (Lipinski definition) is 5. The lowest BCUT2D eigenvalue weighted by Crippen LogP contribution is -2.64. The van der Waals surface area contributed by atoms with Gasteiger partial charge in [0, 0.05) is 11.8 Å². The van der Waals surface area contributed by atoms with Gasteiger partial charge in [-0.1, -0.05) is 46.3 Å². The first-order valence-corrected chi connectivity index (χ1v) is 14.4. The van der Waals surface area contributed by atoms with Crippen molar-refractivity contribution in [2.45, 2.75) is 103 Å². The van der Waals surface area contributed by atoms with Crippen LogP contribution >= 0.6 is 0 Å². The predicted octanol–water partition coefficient (Wildman–Crippen LogP) is 4.46. The van der Waals surface area contributed by atoms with Crippen molar-refractivity contribution in [2.24, 2.45) is 11.3 Å². The molecule has 3 aliphatic carbocycles. The number of fused-ring (bicyclic) bond motifs is 3. The quantitative estimate of drug-likeness (QED) is 0.437. The van der Waals surface area contributed by atoms with Gasteiger partial charge in [0.2, 0.25) is 0 Å². The number of ether oxygens (including phenoxy) is 1. The molecule has 0 aromatic rings. The van der Waals surface area contributed by atoms with Gasteiger partial charge in [-0.25, -0.2) is 0 Å². The first-order valence-electron chi connectivity index (χ1n) is 11.5. The van der Waals surface area contributed by atoms with E-state index in [0.717, 1.165) is 16.7 Å². The van der Waals surface area contributed by atoms with Gasteiger partial charge < -0.3 is 24.5 Å². The number of hydrogen-bond donors (Lipinski definition) is 3. The van der Waals surface area contributed by atoms with E-state index in [1.807, 2.05) is 26.0 Å². The minimum Gasteiger partial charge on any atom is -0.501 e. The van der Waals surface area contributed by atoms with Crippen LogP contribution in [0.25, 0.3) is 0 Å². The van der Waals surface area contributed by atoms with Crippen molar-refractivity contribution in [1.82, 2.24) is 0 Å². The molecule has 3 aliphatic rings. The molecule has 5 nitrogen and oxygen atoms in total. The Morgan fingerprint density at radius 3 is 2.29 bits per heavy atom. The van der Waals surface area contributed by atoms with E-state index in [2.05, 4.69) is 40.8 Å². The van der Waals surface area contributed by atoms with Crippen LogP contribution in [0.5, 0.6) is 0 Å². The molecular weight excluding hydrogens is 408 g/mol. The van der Waals surface area contributed by atoms with E-state index in [1.54, 1.807) is 7.11 Å². The Morgan fingerprint density at radius 1 is 1.13 bits per heavy atom. The molecule has 5 atom stereocenters. The molecule has 176 valence electrons. The molecule has 0 spiro atoms. The SMILES string of the molecule is COC1=CCC=C2[C@H]1[C@H](O)[C@]1(O)C[C@H](O[Si](C)(C)C(C)(C)C)C(C)=C(C[C@@H]2O)C1(C)C. The van der Waals surface area contributed by atoms with Crippen LogP contribution < -0.4 is 0 Å². The summed E-state index contributed by atoms with van der Waals surface area (Å²) < 4.78 is 12.4. The fraction of sp³-hybridized carbons (Fsp3) is 0.760. The molecule has 6 heteroatoms. The zero-order valence-electron chi connectivity index (χ0n) is 20.7. The third-order valence-corrected chi connectivity index (χ3v) is 13.2. The average molecular weight is 451 g/mol. The summed E-state index contributed by atoms with van der Waals surface area (Å²) in [6.45, 7) is 17.1. The molecule has 3 N–H and O–H groups in total. The van der Waals surface area contributed by atoms with Crippen LogP contribution in [0.2, 0.25) is 18.1 Å². The van der Waals surface area contributed by atoms with E-state index >= 15 is 0 Å². The average Bonchev–Trinajstić information content (AvgIpc) is 2.66. The lowest BCUT2D eigenvalue weighted by molar-refractivity contribution is -0.176. The maximum atomic E-state index is 12.2. The molecule has 31 heavy (non-hydrogen) atoms. The van der Waals surface area contributed by atoms with Crippen molar-refractivity contribution in [2.75, 3.05) is 7.11 Å². The number of methoxy groups -OCH3 is 1. The minimum atomic E-state index is -2.12. The van der Waals surface area contributed by atoms with Gasteiger partial charge in [0.15, 0.2) is 8.32 Å². The minimum absolute atomic E-state index is 0.0267. The smallest absolute Gasteiger partial charge is 0.192 e. The summed E-state index contributed by atoms with van der Waals surface area (Å²) in [5.41, 5.74) is 0.683. The van der Waals surface area contributed by atoms with Crippen LogP contribution in [0.1, 0.15) is 60.8 Å². The lowest BCUT2D eigenvalue weighted by Gasteiger charge is -2.57. The van der Waals surface area contributed by atoms with Gasteiger partial charge >= 0.3 is 0 Å². The molecule has 3 rings (SSSR count). The van der Waals surface area contributed by atoms with Crippen molar-refractivity contribution in [1.29, 1.82) is 0 Å². The van der Waals surface area contributed by atoms with Gasteiger partial charge in [-0.2, -0.15) is 0 Å². The molecule has 1 saturated carbocycles. The van der Waals surface area contributed by atoms with Crippen LogP contribution in [0.15, 0.2) is 34.6 Å². The molecule has 0 heterocycles. The Balaban J connectivity index is 2.16. The maximum absolute atomic E-state index is 12.2. The van der Waals surface area contributed by atoms with Crippen molar-refractivity contribution < 1.29 is 24.5 Å². The van der Waals surface area contributed by atoms with Crippen LogP contribution in [0.4, 0.5) is 0 Å². The molecule has 0 aliphatic heterocycles. The highest BCUT2D eigenvalue weighted by atomic mass is 28.4. The topological polar surface area (TPSA) is 79.2 Å². The summed E-state index contributed by atoms with van der Waals surface area (Å²) in [6.07, 6.45) is 3.14. The third-order valence-electron chi connectivity index (χ3n) is 8.70. The zero-order valence-corrected chi connectivity index (χ0v) is 21.7. The van der Waals surface area contributed by atoms with E-state index < -0.39 is 37.5 Å². The van der Waals surface area contributed by atoms with Gasteiger partial charge in [-0.05, 0) is 55.1 Å². The normalized spacial score (nSPS) is 36.1. The molecule has 0 amide bonds. The Kier molecular flexibility index (Phi) is 6.25. The van der Waals surface area contributed by atoms with E-state index in [-0.39, 0.29) is 11.1 Å². The van der Waals surface area contributed by atoms with Crippen LogP contribution in [0.3, 0.4) is 0 Å². The Morgan fingerprint density at radius 2 is 1.74 bits per heavy atom. The van der Waals surface area contributed by atoms with E-state index in [0.29, 0.717) is 25.0 Å². The fourth-order valence-corrected chi connectivity index (χ4v) is 6.74. The molecule has 0 aromatic heterocycles. The van der Waals surface area contributed by atoms with E-state index in [1.165, 1.54) is 0 Å². The lowest BCUT2D eigenvalue weighted by atomic mass is 9.54. The predicted molar refractivity (Wildman–Crippen MR) is 126 cm³/mol. The molecule has 2 bridgehead atoms. The highest BCUT2D eigenvalue weighted by molar-refractivity contribution is 6.74. The molecule has 1 fully saturated rings. The summed E-state index contributed by atoms with van der Waals surface area (Å²) in [5.74, 6) is 0.0522. The maximum Gasteiger partial charge on any atom is 0.192 e. The van der Waals surface area contributed by atoms with Gasteiger partial charge in [-0.3, -0.25) is 0 Å². The van der Waals surface area contributed by atoms with Gasteiger partial charge in [0.1, 0.15) is 11.4 Å². The zero-order chi connectivity index (χ0) is 23.6. The monoisotopic (exact) mass is 450 g/mol. The summed E-state index contributed by atoms with van der Waals surface area (Å²) in [6, 6.07) is 0. The van der Waals surface area contributed by atoms with Crippen molar-refractivity contribution in [3.63, 3.8) is 0 Å². The fourth-order valence-electron chi connectivity index (χ4n) is 5.42. The highest BCUT2D eigenvalue weighted by Gasteiger charge is 2.61. The molecule has 0 radical (unpaired) electrons. The standard InChI is InChI=1S/C25H42O5Si/c1-15-17-13-18(26)16-11-10-12-19(29-7)21(16)22(27)25(28,24(17,5)6)14-20(15)30-31(8,9)23(2,3)4/h11-12,18,20-22,26-28H,10,13-14H2,1-9H3/t18-,20-,21+,22-,25+/m0/s1. The van der Waals surface area contributed by atoms with E-state index in [4.69, 9.17) is 9.16 Å². The van der Waals surface area contributed by atoms with Gasteiger partial charge in [0.25, 0.3) is 0 Å². The second-order valence-corrected chi connectivity index (χ2v) is 16.4. The van der Waals surface area contributed by atoms with Crippen molar-refractivity contribution in [3.8, 4) is 0 Å². The molecular formula is C25H42O5Si. The van der Waals surface area contributed by atoms with Crippen LogP contribution in [-0.2, 0) is 9.16 Å².